The quantitative estimate of drug-likeness (QED) is 0.778. The fourth-order valence-electron chi connectivity index (χ4n) is 1.66. The summed E-state index contributed by atoms with van der Waals surface area (Å²) in [6.07, 6.45) is 0. The van der Waals surface area contributed by atoms with E-state index in [1.54, 1.807) is 6.92 Å². The molecule has 0 unspecified atom stereocenters. The Labute approximate surface area is 107 Å². The molecule has 5 nitrogen and oxygen atoms in total. The largest absolute Gasteiger partial charge is 0.382 e. The first kappa shape index (κ1) is 13.0. The Hall–Kier alpha value is -2.44. The molecule has 4 N–H and O–H groups in total. The lowest BCUT2D eigenvalue weighted by Gasteiger charge is -2.08. The van der Waals surface area contributed by atoms with Gasteiger partial charge in [0.05, 0.1) is 5.69 Å². The van der Waals surface area contributed by atoms with Crippen LogP contribution < -0.4 is 11.1 Å². The van der Waals surface area contributed by atoms with Crippen molar-refractivity contribution in [3.05, 3.63) is 40.6 Å². The van der Waals surface area contributed by atoms with E-state index in [1.165, 1.54) is 6.92 Å². The third-order valence-electron chi connectivity index (χ3n) is 2.70. The van der Waals surface area contributed by atoms with E-state index in [4.69, 9.17) is 5.73 Å². The van der Waals surface area contributed by atoms with E-state index in [0.717, 1.165) is 12.1 Å². The molecule has 0 aliphatic heterocycles. The van der Waals surface area contributed by atoms with Crippen molar-refractivity contribution in [3.63, 3.8) is 0 Å². The zero-order valence-corrected chi connectivity index (χ0v) is 10.3. The minimum absolute atomic E-state index is 0.00277. The third kappa shape index (κ3) is 2.40. The highest BCUT2D eigenvalue weighted by atomic mass is 19.1. The van der Waals surface area contributed by atoms with Gasteiger partial charge in [-0.15, -0.1) is 0 Å². The summed E-state index contributed by atoms with van der Waals surface area (Å²) in [4.78, 5) is 11.9. The molecule has 2 rings (SSSR count). The number of nitrogens with zero attached hydrogens (tertiary/aromatic N) is 1. The van der Waals surface area contributed by atoms with E-state index in [0.29, 0.717) is 5.69 Å². The molecule has 2 aromatic rings. The van der Waals surface area contributed by atoms with Crippen LogP contribution in [0, 0.1) is 25.5 Å². The summed E-state index contributed by atoms with van der Waals surface area (Å²) in [5, 5.41) is 8.46. The molecule has 100 valence electrons. The molecule has 0 bridgehead atoms. The summed E-state index contributed by atoms with van der Waals surface area (Å²) >= 11 is 0. The van der Waals surface area contributed by atoms with E-state index in [-0.39, 0.29) is 22.6 Å². The lowest BCUT2D eigenvalue weighted by atomic mass is 10.2. The van der Waals surface area contributed by atoms with E-state index in [1.807, 2.05) is 0 Å². The van der Waals surface area contributed by atoms with Crippen LogP contribution in [0.15, 0.2) is 12.1 Å². The first-order valence-corrected chi connectivity index (χ1v) is 5.47. The lowest BCUT2D eigenvalue weighted by Crippen LogP contribution is -2.15. The van der Waals surface area contributed by atoms with Crippen molar-refractivity contribution in [3.8, 4) is 0 Å². The number of carbonyl (C=O) groups is 1. The first-order valence-electron chi connectivity index (χ1n) is 5.47. The van der Waals surface area contributed by atoms with Crippen molar-refractivity contribution in [2.24, 2.45) is 0 Å². The average Bonchev–Trinajstić information content (AvgIpc) is 2.66. The number of hydrogen-bond acceptors (Lipinski definition) is 3. The molecule has 1 heterocycles. The molecule has 1 aromatic heterocycles. The second-order valence-electron chi connectivity index (χ2n) is 4.14. The van der Waals surface area contributed by atoms with Gasteiger partial charge in [0.1, 0.15) is 17.2 Å². The molecular formula is C12H12F2N4O. The summed E-state index contributed by atoms with van der Waals surface area (Å²) < 4.78 is 26.9. The highest BCUT2D eigenvalue weighted by molar-refractivity contribution is 6.08. The van der Waals surface area contributed by atoms with Gasteiger partial charge in [-0.25, -0.2) is 8.78 Å². The molecule has 1 amide bonds. The van der Waals surface area contributed by atoms with Gasteiger partial charge in [0, 0.05) is 11.8 Å². The zero-order valence-electron chi connectivity index (χ0n) is 10.3. The molecule has 19 heavy (non-hydrogen) atoms. The van der Waals surface area contributed by atoms with Crippen LogP contribution in [-0.2, 0) is 0 Å². The van der Waals surface area contributed by atoms with E-state index in [2.05, 4.69) is 15.5 Å². The van der Waals surface area contributed by atoms with Gasteiger partial charge < -0.3 is 11.1 Å². The molecule has 0 spiro atoms. The minimum Gasteiger partial charge on any atom is -0.382 e. The number of anilines is 2. The van der Waals surface area contributed by atoms with Gasteiger partial charge in [-0.3, -0.25) is 9.89 Å². The van der Waals surface area contributed by atoms with Crippen LogP contribution in [-0.4, -0.2) is 16.1 Å². The van der Waals surface area contributed by atoms with Gasteiger partial charge >= 0.3 is 0 Å². The smallest absolute Gasteiger partial charge is 0.261 e. The second kappa shape index (κ2) is 4.68. The van der Waals surface area contributed by atoms with Gasteiger partial charge in [-0.2, -0.15) is 5.10 Å². The summed E-state index contributed by atoms with van der Waals surface area (Å²) in [6.45, 7) is 3.03. The number of hydrogen-bond donors (Lipinski definition) is 3. The number of benzene rings is 1. The molecule has 1 aromatic carbocycles. The topological polar surface area (TPSA) is 83.8 Å². The fourth-order valence-corrected chi connectivity index (χ4v) is 1.66. The fraction of sp³-hybridized carbons (Fsp3) is 0.167. The van der Waals surface area contributed by atoms with Crippen LogP contribution in [0.25, 0.3) is 0 Å². The number of aryl methyl sites for hydroxylation is 2. The van der Waals surface area contributed by atoms with Crippen LogP contribution in [0.5, 0.6) is 0 Å². The number of aromatic nitrogens is 2. The van der Waals surface area contributed by atoms with E-state index in [9.17, 15) is 13.6 Å². The van der Waals surface area contributed by atoms with Crippen molar-refractivity contribution in [2.45, 2.75) is 13.8 Å². The van der Waals surface area contributed by atoms with Crippen LogP contribution in [0.1, 0.15) is 21.6 Å². The maximum atomic E-state index is 13.6. The molecular weight excluding hydrogens is 254 g/mol. The Bertz CT molecular complexity index is 632. The highest BCUT2D eigenvalue weighted by Crippen LogP contribution is 2.21. The second-order valence-corrected chi connectivity index (χ2v) is 4.14. The van der Waals surface area contributed by atoms with Gasteiger partial charge in [0.15, 0.2) is 5.82 Å². The summed E-state index contributed by atoms with van der Waals surface area (Å²) in [5.74, 6) is -1.96. The Morgan fingerprint density at radius 1 is 1.32 bits per heavy atom. The summed E-state index contributed by atoms with van der Waals surface area (Å²) in [5.41, 5.74) is 5.99. The van der Waals surface area contributed by atoms with Crippen molar-refractivity contribution in [1.82, 2.24) is 10.2 Å². The molecule has 0 saturated carbocycles. The molecule has 7 heteroatoms. The SMILES string of the molecule is Cc1cc(F)c(NC(=O)c2c(N)n[nH]c2C)cc1F. The predicted octanol–water partition coefficient (Wildman–Crippen LogP) is 2.14. The normalized spacial score (nSPS) is 10.5. The average molecular weight is 266 g/mol. The zero-order chi connectivity index (χ0) is 14.2. The van der Waals surface area contributed by atoms with Crippen LogP contribution in [0.3, 0.4) is 0 Å². The number of halogens is 2. The number of nitrogens with one attached hydrogen (secondary N) is 2. The number of nitrogens with two attached hydrogens (primary N) is 1. The van der Waals surface area contributed by atoms with Crippen molar-refractivity contribution < 1.29 is 13.6 Å². The number of aromatic amines is 1. The third-order valence-corrected chi connectivity index (χ3v) is 2.70. The van der Waals surface area contributed by atoms with Gasteiger partial charge in [-0.1, -0.05) is 0 Å². The standard InChI is InChI=1S/C12H12F2N4O/c1-5-3-8(14)9(4-7(5)13)16-12(19)10-6(2)17-18-11(10)15/h3-4H,1-2H3,(H,16,19)(H3,15,17,18). The molecule has 0 atom stereocenters. The van der Waals surface area contributed by atoms with Gasteiger partial charge in [0.2, 0.25) is 0 Å². The summed E-state index contributed by atoms with van der Waals surface area (Å²) in [7, 11) is 0. The maximum Gasteiger partial charge on any atom is 0.261 e. The number of amides is 1. The van der Waals surface area contributed by atoms with Crippen LogP contribution >= 0.6 is 0 Å². The molecule has 0 aliphatic rings. The monoisotopic (exact) mass is 266 g/mol. The predicted molar refractivity (Wildman–Crippen MR) is 66.8 cm³/mol. The van der Waals surface area contributed by atoms with E-state index >= 15 is 0 Å². The Kier molecular flexibility index (Phi) is 3.20. The Balaban J connectivity index is 2.32. The van der Waals surface area contributed by atoms with Crippen LogP contribution in [0.4, 0.5) is 20.3 Å². The number of carbonyl (C=O) groups excluding carboxylic acids is 1. The number of nitrogen functional groups attached to an aromatic ring is 1. The van der Waals surface area contributed by atoms with Gasteiger partial charge in [0.25, 0.3) is 5.91 Å². The van der Waals surface area contributed by atoms with Crippen LogP contribution in [0.2, 0.25) is 0 Å². The Morgan fingerprint density at radius 3 is 2.58 bits per heavy atom. The van der Waals surface area contributed by atoms with Gasteiger partial charge in [-0.05, 0) is 25.5 Å². The highest BCUT2D eigenvalue weighted by Gasteiger charge is 2.18. The maximum absolute atomic E-state index is 13.6. The number of rotatable bonds is 2. The summed E-state index contributed by atoms with van der Waals surface area (Å²) in [6, 6.07) is 1.94. The van der Waals surface area contributed by atoms with Crippen molar-refractivity contribution >= 4 is 17.4 Å². The Morgan fingerprint density at radius 2 is 2.00 bits per heavy atom. The van der Waals surface area contributed by atoms with Crippen molar-refractivity contribution in [1.29, 1.82) is 0 Å². The number of H-pyrrole nitrogens is 1. The minimum atomic E-state index is -0.716. The molecule has 0 aliphatic carbocycles. The van der Waals surface area contributed by atoms with E-state index < -0.39 is 17.5 Å². The molecule has 0 fully saturated rings. The first-order chi connectivity index (χ1) is 8.90. The lowest BCUT2D eigenvalue weighted by molar-refractivity contribution is 0.102. The molecule has 0 radical (unpaired) electrons. The van der Waals surface area contributed by atoms with Crippen molar-refractivity contribution in [2.75, 3.05) is 11.1 Å². The molecule has 0 saturated heterocycles.